The van der Waals surface area contributed by atoms with Crippen LogP contribution in [-0.4, -0.2) is 46.9 Å². The summed E-state index contributed by atoms with van der Waals surface area (Å²) >= 11 is 0. The highest BCUT2D eigenvalue weighted by molar-refractivity contribution is 5.77. The molecule has 0 saturated carbocycles. The first-order valence-corrected chi connectivity index (χ1v) is 27.0. The van der Waals surface area contributed by atoms with Crippen molar-refractivity contribution in [2.75, 3.05) is 6.61 Å². The molecule has 6 nitrogen and oxygen atoms in total. The smallest absolute Gasteiger partial charge is 0.306 e. The van der Waals surface area contributed by atoms with E-state index >= 15 is 0 Å². The van der Waals surface area contributed by atoms with E-state index in [1.54, 1.807) is 0 Å². The maximum atomic E-state index is 13.2. The highest BCUT2D eigenvalue weighted by atomic mass is 16.5. The quantitative estimate of drug-likeness (QED) is 0.0245. The van der Waals surface area contributed by atoms with Crippen LogP contribution in [0.15, 0.2) is 97.2 Å². The molecule has 0 spiro atoms. The summed E-state index contributed by atoms with van der Waals surface area (Å²) in [6.45, 7) is 6.35. The number of ether oxygens (including phenoxy) is 1. The largest absolute Gasteiger partial charge is 0.462 e. The average Bonchev–Trinajstić information content (AvgIpc) is 3.30. The molecule has 3 unspecified atom stereocenters. The lowest BCUT2D eigenvalue weighted by molar-refractivity contribution is -0.151. The molecule has 0 radical (unpaired) electrons. The first kappa shape index (κ1) is 61.8. The number of carbonyl (C=O) groups excluding carboxylic acids is 2. The maximum absolute atomic E-state index is 13.2. The summed E-state index contributed by atoms with van der Waals surface area (Å²) in [6.07, 6.45) is 68.8. The number of esters is 1. The van der Waals surface area contributed by atoms with Gasteiger partial charge in [-0.25, -0.2) is 0 Å². The van der Waals surface area contributed by atoms with E-state index in [0.29, 0.717) is 19.3 Å². The molecule has 0 heterocycles. The van der Waals surface area contributed by atoms with Crippen LogP contribution in [0.3, 0.4) is 0 Å². The Bertz CT molecular complexity index is 1290. The van der Waals surface area contributed by atoms with E-state index < -0.39 is 18.2 Å². The highest BCUT2D eigenvalue weighted by Gasteiger charge is 2.24. The molecule has 1 amide bonds. The molecular formula is C59H101NO5. The lowest BCUT2D eigenvalue weighted by Gasteiger charge is -2.24. The minimum Gasteiger partial charge on any atom is -0.462 e. The Hall–Kier alpha value is -3.22. The maximum Gasteiger partial charge on any atom is 0.306 e. The van der Waals surface area contributed by atoms with Gasteiger partial charge < -0.3 is 20.3 Å². The van der Waals surface area contributed by atoms with Crippen molar-refractivity contribution in [1.82, 2.24) is 5.32 Å². The van der Waals surface area contributed by atoms with Crippen LogP contribution in [0, 0.1) is 0 Å². The molecule has 0 aromatic carbocycles. The van der Waals surface area contributed by atoms with Crippen LogP contribution >= 0.6 is 0 Å². The Labute approximate surface area is 401 Å². The second-order valence-electron chi connectivity index (χ2n) is 18.0. The minimum absolute atomic E-state index is 0.0351. The SMILES string of the molecule is CCC/C=C/C=C/C=C/C=C/C=C/CCCCCC(CC(=O)NC(CO)C(O)CCCCCCCCCCCCCCC)OC(=O)CCCCCC/C=C\C/C=C\C/C=C\CCCCC. The zero-order valence-electron chi connectivity index (χ0n) is 42.3. The van der Waals surface area contributed by atoms with E-state index in [1.165, 1.54) is 96.3 Å². The normalized spacial score (nSPS) is 14.0. The number of nitrogens with one attached hydrogen (secondary N) is 1. The Morgan fingerprint density at radius 1 is 0.462 bits per heavy atom. The van der Waals surface area contributed by atoms with Gasteiger partial charge in [0.2, 0.25) is 5.91 Å². The van der Waals surface area contributed by atoms with Crippen molar-refractivity contribution in [3.8, 4) is 0 Å². The Kier molecular flexibility index (Phi) is 49.2. The third-order valence-electron chi connectivity index (χ3n) is 11.7. The second-order valence-corrected chi connectivity index (χ2v) is 18.0. The molecular weight excluding hydrogens is 803 g/mol. The second kappa shape index (κ2) is 51.8. The van der Waals surface area contributed by atoms with Gasteiger partial charge in [0.05, 0.1) is 25.2 Å². The Morgan fingerprint density at radius 3 is 1.43 bits per heavy atom. The number of rotatable bonds is 47. The predicted molar refractivity (Wildman–Crippen MR) is 282 cm³/mol. The fourth-order valence-corrected chi connectivity index (χ4v) is 7.64. The van der Waals surface area contributed by atoms with Gasteiger partial charge in [0.1, 0.15) is 6.10 Å². The van der Waals surface area contributed by atoms with Gasteiger partial charge >= 0.3 is 5.97 Å². The topological polar surface area (TPSA) is 95.9 Å². The number of unbranched alkanes of at least 4 members (excludes halogenated alkanes) is 23. The highest BCUT2D eigenvalue weighted by Crippen LogP contribution is 2.17. The fourth-order valence-electron chi connectivity index (χ4n) is 7.64. The Balaban J connectivity index is 4.74. The van der Waals surface area contributed by atoms with Crippen LogP contribution in [0.5, 0.6) is 0 Å². The minimum atomic E-state index is -0.809. The third kappa shape index (κ3) is 47.1. The van der Waals surface area contributed by atoms with Crippen LogP contribution in [0.4, 0.5) is 0 Å². The fraction of sp³-hybridized carbons (Fsp3) is 0.695. The predicted octanol–water partition coefficient (Wildman–Crippen LogP) is 16.5. The van der Waals surface area contributed by atoms with E-state index in [0.717, 1.165) is 96.3 Å². The van der Waals surface area contributed by atoms with Crippen LogP contribution in [0.25, 0.3) is 0 Å². The molecule has 0 aromatic rings. The monoisotopic (exact) mass is 904 g/mol. The van der Waals surface area contributed by atoms with E-state index in [2.05, 4.69) is 86.8 Å². The molecule has 0 aromatic heterocycles. The summed E-state index contributed by atoms with van der Waals surface area (Å²) in [5.41, 5.74) is 0. The summed E-state index contributed by atoms with van der Waals surface area (Å²) in [5, 5.41) is 23.8. The standard InChI is InChI=1S/C59H101NO5/c1-4-7-10-13-16-19-22-25-27-29-31-34-37-40-43-46-49-52-59(64)65-55(50-47-44-41-38-35-33-30-28-26-23-20-17-14-11-8-5-2)53-58(63)60-56(54-61)57(62)51-48-45-42-39-36-32-24-21-18-15-12-9-6-3/h11,14,16-17,19-20,23,25-28,30-31,33-35,55-57,61-62H,4-10,12-13,15,18,21-22,24,29,32,36-54H2,1-3H3,(H,60,63)/b14-11+,19-16-,20-17+,26-23+,27-25-,30-28+,34-31-,35-33+. The van der Waals surface area contributed by atoms with E-state index in [1.807, 2.05) is 36.5 Å². The van der Waals surface area contributed by atoms with Crippen LogP contribution in [-0.2, 0) is 14.3 Å². The van der Waals surface area contributed by atoms with E-state index in [9.17, 15) is 19.8 Å². The molecule has 0 bridgehead atoms. The number of amides is 1. The van der Waals surface area contributed by atoms with Gasteiger partial charge in [0, 0.05) is 6.42 Å². The average molecular weight is 904 g/mol. The van der Waals surface area contributed by atoms with Crippen molar-refractivity contribution in [2.24, 2.45) is 0 Å². The molecule has 0 aliphatic rings. The Morgan fingerprint density at radius 2 is 0.877 bits per heavy atom. The summed E-state index contributed by atoms with van der Waals surface area (Å²) < 4.78 is 5.92. The molecule has 0 fully saturated rings. The first-order chi connectivity index (χ1) is 32.0. The van der Waals surface area contributed by atoms with Crippen molar-refractivity contribution < 1.29 is 24.5 Å². The summed E-state index contributed by atoms with van der Waals surface area (Å²) in [4.78, 5) is 26.2. The number of aliphatic hydroxyl groups excluding tert-OH is 2. The van der Waals surface area contributed by atoms with Crippen LogP contribution in [0.1, 0.15) is 239 Å². The van der Waals surface area contributed by atoms with Crippen LogP contribution in [0.2, 0.25) is 0 Å². The lowest BCUT2D eigenvalue weighted by Crippen LogP contribution is -2.46. The van der Waals surface area contributed by atoms with Crippen molar-refractivity contribution in [2.45, 2.75) is 257 Å². The number of allylic oxidation sites excluding steroid dienone is 16. The van der Waals surface area contributed by atoms with Gasteiger partial charge in [-0.3, -0.25) is 9.59 Å². The van der Waals surface area contributed by atoms with Crippen molar-refractivity contribution in [3.05, 3.63) is 97.2 Å². The number of hydrogen-bond donors (Lipinski definition) is 3. The number of hydrogen-bond acceptors (Lipinski definition) is 5. The van der Waals surface area contributed by atoms with Gasteiger partial charge in [-0.2, -0.15) is 0 Å². The molecule has 0 saturated heterocycles. The molecule has 65 heavy (non-hydrogen) atoms. The molecule has 0 aliphatic heterocycles. The number of aliphatic hydroxyl groups is 2. The zero-order valence-corrected chi connectivity index (χ0v) is 42.3. The van der Waals surface area contributed by atoms with Crippen molar-refractivity contribution in [1.29, 1.82) is 0 Å². The van der Waals surface area contributed by atoms with Gasteiger partial charge in [-0.05, 0) is 83.5 Å². The molecule has 0 rings (SSSR count). The van der Waals surface area contributed by atoms with E-state index in [-0.39, 0.29) is 24.9 Å². The lowest BCUT2D eigenvalue weighted by atomic mass is 10.0. The van der Waals surface area contributed by atoms with Crippen molar-refractivity contribution >= 4 is 11.9 Å². The molecule has 372 valence electrons. The number of carbonyl (C=O) groups is 2. The summed E-state index contributed by atoms with van der Waals surface area (Å²) in [7, 11) is 0. The van der Waals surface area contributed by atoms with Gasteiger partial charge in [-0.15, -0.1) is 0 Å². The molecule has 3 N–H and O–H groups in total. The first-order valence-electron chi connectivity index (χ1n) is 27.0. The molecule has 3 atom stereocenters. The zero-order chi connectivity index (χ0) is 47.4. The van der Waals surface area contributed by atoms with Gasteiger partial charge in [-0.1, -0.05) is 240 Å². The van der Waals surface area contributed by atoms with Crippen molar-refractivity contribution in [3.63, 3.8) is 0 Å². The van der Waals surface area contributed by atoms with Gasteiger partial charge in [0.15, 0.2) is 0 Å². The molecule has 6 heteroatoms. The summed E-state index contributed by atoms with van der Waals surface area (Å²) in [6, 6.07) is -0.727. The van der Waals surface area contributed by atoms with Crippen LogP contribution < -0.4 is 5.32 Å². The summed E-state index contributed by atoms with van der Waals surface area (Å²) in [5.74, 6) is -0.546. The van der Waals surface area contributed by atoms with Gasteiger partial charge in [0.25, 0.3) is 0 Å². The molecule has 0 aliphatic carbocycles. The third-order valence-corrected chi connectivity index (χ3v) is 11.7. The van der Waals surface area contributed by atoms with E-state index in [4.69, 9.17) is 4.74 Å².